The fourth-order valence-electron chi connectivity index (χ4n) is 5.70. The fourth-order valence-corrected chi connectivity index (χ4v) is 6.26. The van der Waals surface area contributed by atoms with E-state index in [2.05, 4.69) is 0 Å². The third-order valence-electron chi connectivity index (χ3n) is 8.26. The number of hydrogen-bond acceptors (Lipinski definition) is 11. The van der Waals surface area contributed by atoms with Gasteiger partial charge in [0.2, 0.25) is 0 Å². The lowest BCUT2D eigenvalue weighted by atomic mass is 9.88. The van der Waals surface area contributed by atoms with E-state index in [4.69, 9.17) is 35.3 Å². The lowest BCUT2D eigenvalue weighted by Gasteiger charge is -2.33. The SMILES string of the molecule is CCC(OC(C)=O)C(C)C(OC(C)=O)C(Cl)CC(C)C=CC=C(C)C1OC(=O)CC(OC(C)=O)CCC(C)(O)C(OC(C)=O)C=CC1C. The molecule has 1 heterocycles. The second-order valence-corrected chi connectivity index (χ2v) is 13.6. The van der Waals surface area contributed by atoms with E-state index in [1.165, 1.54) is 34.6 Å². The smallest absolute Gasteiger partial charge is 0.310 e. The fraction of sp³-hybridized carbons (Fsp3) is 0.694. The van der Waals surface area contributed by atoms with Gasteiger partial charge in [0.05, 0.1) is 11.8 Å². The van der Waals surface area contributed by atoms with E-state index in [1.807, 2.05) is 52.8 Å². The van der Waals surface area contributed by atoms with Crippen LogP contribution in [0.2, 0.25) is 0 Å². The van der Waals surface area contributed by atoms with Crippen LogP contribution in [0.5, 0.6) is 0 Å². The zero-order valence-corrected chi connectivity index (χ0v) is 30.8. The average molecular weight is 699 g/mol. The zero-order valence-electron chi connectivity index (χ0n) is 30.0. The predicted octanol–water partition coefficient (Wildman–Crippen LogP) is 5.93. The number of carbonyl (C=O) groups excluding carboxylic acids is 5. The van der Waals surface area contributed by atoms with Gasteiger partial charge in [-0.1, -0.05) is 52.0 Å². The van der Waals surface area contributed by atoms with Crippen LogP contribution in [0.15, 0.2) is 36.0 Å². The lowest BCUT2D eigenvalue weighted by molar-refractivity contribution is -0.161. The quantitative estimate of drug-likeness (QED) is 0.0800. The van der Waals surface area contributed by atoms with Crippen molar-refractivity contribution in [1.82, 2.24) is 0 Å². The molecule has 0 saturated heterocycles. The summed E-state index contributed by atoms with van der Waals surface area (Å²) in [4.78, 5) is 60.2. The van der Waals surface area contributed by atoms with Gasteiger partial charge in [-0.05, 0) is 57.1 Å². The Labute approximate surface area is 290 Å². The monoisotopic (exact) mass is 698 g/mol. The molecule has 1 N–H and O–H groups in total. The molecule has 272 valence electrons. The topological polar surface area (TPSA) is 152 Å². The molecule has 0 bridgehead atoms. The molecule has 0 aromatic carbocycles. The summed E-state index contributed by atoms with van der Waals surface area (Å²) >= 11 is 6.80. The summed E-state index contributed by atoms with van der Waals surface area (Å²) in [7, 11) is 0. The van der Waals surface area contributed by atoms with Crippen molar-refractivity contribution in [3.05, 3.63) is 36.0 Å². The summed E-state index contributed by atoms with van der Waals surface area (Å²) in [5, 5.41) is 10.6. The molecule has 1 aliphatic heterocycles. The Morgan fingerprint density at radius 2 is 1.62 bits per heavy atom. The van der Waals surface area contributed by atoms with Crippen molar-refractivity contribution in [2.45, 2.75) is 143 Å². The van der Waals surface area contributed by atoms with Gasteiger partial charge in [0.15, 0.2) is 0 Å². The van der Waals surface area contributed by atoms with E-state index in [0.29, 0.717) is 18.4 Å². The van der Waals surface area contributed by atoms with Crippen LogP contribution < -0.4 is 0 Å². The van der Waals surface area contributed by atoms with E-state index in [1.54, 1.807) is 12.2 Å². The number of alkyl halides is 1. The summed E-state index contributed by atoms with van der Waals surface area (Å²) in [6.45, 7) is 16.0. The Kier molecular flexibility index (Phi) is 18.2. The van der Waals surface area contributed by atoms with Gasteiger partial charge in [-0.2, -0.15) is 0 Å². The minimum atomic E-state index is -1.49. The summed E-state index contributed by atoms with van der Waals surface area (Å²) in [6, 6.07) is 0. The third kappa shape index (κ3) is 15.4. The van der Waals surface area contributed by atoms with Gasteiger partial charge in [-0.15, -0.1) is 11.6 Å². The number of allylic oxidation sites excluding steroid dienone is 3. The Balaban J connectivity index is 3.26. The van der Waals surface area contributed by atoms with Crippen LogP contribution in [0.25, 0.3) is 0 Å². The number of hydrogen-bond donors (Lipinski definition) is 1. The van der Waals surface area contributed by atoms with E-state index < -0.39 is 77.3 Å². The largest absolute Gasteiger partial charge is 0.462 e. The maximum absolute atomic E-state index is 13.1. The lowest BCUT2D eigenvalue weighted by Crippen LogP contribution is -2.42. The molecule has 0 saturated carbocycles. The summed E-state index contributed by atoms with van der Waals surface area (Å²) in [5.74, 6) is -3.38. The summed E-state index contributed by atoms with van der Waals surface area (Å²) in [5.41, 5.74) is -0.783. The van der Waals surface area contributed by atoms with Crippen molar-refractivity contribution in [2.75, 3.05) is 0 Å². The minimum Gasteiger partial charge on any atom is -0.462 e. The van der Waals surface area contributed by atoms with Crippen LogP contribution in [0.1, 0.15) is 101 Å². The van der Waals surface area contributed by atoms with Crippen LogP contribution in [-0.4, -0.2) is 76.5 Å². The van der Waals surface area contributed by atoms with Crippen LogP contribution in [0.3, 0.4) is 0 Å². The molecule has 10 unspecified atom stereocenters. The van der Waals surface area contributed by atoms with Gasteiger partial charge in [0.1, 0.15) is 36.1 Å². The molecule has 0 spiro atoms. The second-order valence-electron chi connectivity index (χ2n) is 13.0. The molecule has 0 radical (unpaired) electrons. The average Bonchev–Trinajstić information content (AvgIpc) is 2.96. The molecule has 0 aliphatic carbocycles. The van der Waals surface area contributed by atoms with E-state index in [0.717, 1.165) is 0 Å². The van der Waals surface area contributed by atoms with Crippen LogP contribution in [0, 0.1) is 17.8 Å². The molecule has 11 nitrogen and oxygen atoms in total. The molecule has 0 aromatic rings. The Morgan fingerprint density at radius 1 is 1.02 bits per heavy atom. The molecule has 10 atom stereocenters. The first kappa shape index (κ1) is 42.8. The zero-order chi connectivity index (χ0) is 36.8. The number of esters is 5. The van der Waals surface area contributed by atoms with E-state index >= 15 is 0 Å². The first-order valence-electron chi connectivity index (χ1n) is 16.5. The standard InChI is InChI=1S/C36H55ClO11/c1-11-31(45-26(7)39)24(5)35(47-28(9)41)30(37)19-21(2)13-12-14-22(3)34-23(4)15-16-32(46-27(8)40)36(10,43)18-17-29(44-25(6)38)20-33(42)48-34/h12-16,21,23-24,29-32,34-35,43H,11,17-20H2,1-10H3. The van der Waals surface area contributed by atoms with Gasteiger partial charge in [0, 0.05) is 39.5 Å². The molecule has 48 heavy (non-hydrogen) atoms. The predicted molar refractivity (Wildman–Crippen MR) is 181 cm³/mol. The number of halogens is 1. The first-order valence-corrected chi connectivity index (χ1v) is 17.0. The minimum absolute atomic E-state index is 0.0528. The number of carbonyl (C=O) groups is 5. The van der Waals surface area contributed by atoms with Crippen LogP contribution in [-0.2, 0) is 47.7 Å². The summed E-state index contributed by atoms with van der Waals surface area (Å²) < 4.78 is 27.7. The highest BCUT2D eigenvalue weighted by molar-refractivity contribution is 6.21. The van der Waals surface area contributed by atoms with Crippen LogP contribution >= 0.6 is 11.6 Å². The number of cyclic esters (lactones) is 1. The molecule has 1 rings (SSSR count). The van der Waals surface area contributed by atoms with Crippen molar-refractivity contribution in [3.63, 3.8) is 0 Å². The highest BCUT2D eigenvalue weighted by Crippen LogP contribution is 2.30. The second kappa shape index (κ2) is 20.4. The Morgan fingerprint density at radius 3 is 2.17 bits per heavy atom. The molecule has 12 heteroatoms. The molecule has 0 amide bonds. The van der Waals surface area contributed by atoms with E-state index in [-0.39, 0.29) is 31.1 Å². The van der Waals surface area contributed by atoms with Gasteiger partial charge < -0.3 is 28.8 Å². The van der Waals surface area contributed by atoms with Crippen molar-refractivity contribution >= 4 is 41.4 Å². The highest BCUT2D eigenvalue weighted by atomic mass is 35.5. The summed E-state index contributed by atoms with van der Waals surface area (Å²) in [6.07, 6.45) is 6.22. The van der Waals surface area contributed by atoms with E-state index in [9.17, 15) is 29.1 Å². The molecular weight excluding hydrogens is 644 g/mol. The van der Waals surface area contributed by atoms with Gasteiger partial charge in [0.25, 0.3) is 0 Å². The van der Waals surface area contributed by atoms with Crippen molar-refractivity contribution in [3.8, 4) is 0 Å². The molecule has 0 aromatic heterocycles. The first-order chi connectivity index (χ1) is 22.3. The van der Waals surface area contributed by atoms with Crippen molar-refractivity contribution in [1.29, 1.82) is 0 Å². The van der Waals surface area contributed by atoms with Crippen molar-refractivity contribution in [2.24, 2.45) is 17.8 Å². The number of aliphatic hydroxyl groups is 1. The normalized spacial score (nSPS) is 27.2. The van der Waals surface area contributed by atoms with Crippen molar-refractivity contribution < 1.29 is 52.8 Å². The number of ether oxygens (including phenoxy) is 5. The molecule has 1 aliphatic rings. The third-order valence-corrected chi connectivity index (χ3v) is 8.68. The molecular formula is C36H55ClO11. The Bertz CT molecular complexity index is 1190. The van der Waals surface area contributed by atoms with Gasteiger partial charge in [-0.25, -0.2) is 0 Å². The maximum Gasteiger partial charge on any atom is 0.310 e. The van der Waals surface area contributed by atoms with Gasteiger partial charge in [-0.3, -0.25) is 24.0 Å². The number of rotatable bonds is 13. The maximum atomic E-state index is 13.1. The Hall–Kier alpha value is -3.18. The van der Waals surface area contributed by atoms with Crippen LogP contribution in [0.4, 0.5) is 0 Å². The van der Waals surface area contributed by atoms with Gasteiger partial charge >= 0.3 is 29.8 Å². The molecule has 0 fully saturated rings. The highest BCUT2D eigenvalue weighted by Gasteiger charge is 2.37.